The first-order chi connectivity index (χ1) is 30.8. The first-order valence-corrected chi connectivity index (χ1v) is 23.9. The van der Waals surface area contributed by atoms with E-state index < -0.39 is 54.3 Å². The molecule has 0 spiro atoms. The molecule has 2 aromatic carbocycles. The van der Waals surface area contributed by atoms with Crippen molar-refractivity contribution in [3.05, 3.63) is 71.3 Å². The first-order valence-electron chi connectivity index (χ1n) is 23.9. The van der Waals surface area contributed by atoms with Gasteiger partial charge < -0.3 is 34.6 Å². The number of benzene rings is 2. The fourth-order valence-electron chi connectivity index (χ4n) is 9.54. The minimum atomic E-state index is -0.898. The van der Waals surface area contributed by atoms with Crippen LogP contribution in [0.2, 0.25) is 0 Å². The molecule has 0 aromatic heterocycles. The molecule has 364 valence electrons. The Labute approximate surface area is 391 Å². The maximum atomic E-state index is 14.6. The van der Waals surface area contributed by atoms with E-state index in [2.05, 4.69) is 60.6 Å². The number of nitrogens with one attached hydrogen (secondary N) is 2. The second-order valence-corrected chi connectivity index (χ2v) is 19.4. The lowest BCUT2D eigenvalue weighted by Crippen LogP contribution is -2.60. The SMILES string of the molecule is CC[C@H](C)[C@@H]([C@@H](CC(=O)N1CCC[C@H]1[C@H](OC)[C@@H](C)C(=O)N[C@@H](Cc1ccccc1)C(=O)OC)OC)N(C)C(=O)[C@@H](NC(=O)[C@H](C(C)C)N(C)CCc1ccc(CC(C)C)cc1)C(C)C. The molecular formula is C52H83N5O8. The summed E-state index contributed by atoms with van der Waals surface area (Å²) in [5.41, 5.74) is 3.41. The fourth-order valence-corrected chi connectivity index (χ4v) is 9.54. The predicted octanol–water partition coefficient (Wildman–Crippen LogP) is 6.35. The highest BCUT2D eigenvalue weighted by Crippen LogP contribution is 2.30. The van der Waals surface area contributed by atoms with Gasteiger partial charge in [-0.3, -0.25) is 24.1 Å². The van der Waals surface area contributed by atoms with Crippen LogP contribution in [0.5, 0.6) is 0 Å². The van der Waals surface area contributed by atoms with Crippen LogP contribution in [0.25, 0.3) is 0 Å². The maximum Gasteiger partial charge on any atom is 0.328 e. The van der Waals surface area contributed by atoms with E-state index in [1.54, 1.807) is 30.9 Å². The highest BCUT2D eigenvalue weighted by molar-refractivity contribution is 5.90. The first kappa shape index (κ1) is 55.0. The molecule has 0 saturated carbocycles. The van der Waals surface area contributed by atoms with E-state index in [4.69, 9.17) is 14.2 Å². The van der Waals surface area contributed by atoms with Gasteiger partial charge in [0.2, 0.25) is 23.6 Å². The number of ether oxygens (including phenoxy) is 3. The van der Waals surface area contributed by atoms with Crippen molar-refractivity contribution in [2.45, 2.75) is 150 Å². The number of carbonyl (C=O) groups excluding carboxylic acids is 5. The van der Waals surface area contributed by atoms with Gasteiger partial charge in [0.05, 0.1) is 49.8 Å². The van der Waals surface area contributed by atoms with Gasteiger partial charge in [0.15, 0.2) is 0 Å². The molecule has 65 heavy (non-hydrogen) atoms. The minimum absolute atomic E-state index is 0.00248. The second-order valence-electron chi connectivity index (χ2n) is 19.4. The zero-order valence-electron chi connectivity index (χ0n) is 42.1. The number of methoxy groups -OCH3 is 3. The van der Waals surface area contributed by atoms with E-state index in [0.717, 1.165) is 31.2 Å². The van der Waals surface area contributed by atoms with Gasteiger partial charge in [0.1, 0.15) is 12.1 Å². The average Bonchev–Trinajstić information content (AvgIpc) is 3.76. The van der Waals surface area contributed by atoms with Crippen molar-refractivity contribution in [2.24, 2.45) is 29.6 Å². The summed E-state index contributed by atoms with van der Waals surface area (Å²) in [6.45, 7) is 19.4. The number of rotatable bonds is 26. The summed E-state index contributed by atoms with van der Waals surface area (Å²) < 4.78 is 17.1. The summed E-state index contributed by atoms with van der Waals surface area (Å²) in [6, 6.07) is 15.1. The van der Waals surface area contributed by atoms with Gasteiger partial charge >= 0.3 is 5.97 Å². The quantitative estimate of drug-likeness (QED) is 0.103. The predicted molar refractivity (Wildman–Crippen MR) is 257 cm³/mol. The van der Waals surface area contributed by atoms with Gasteiger partial charge in [-0.25, -0.2) is 4.79 Å². The zero-order valence-corrected chi connectivity index (χ0v) is 42.1. The van der Waals surface area contributed by atoms with Gasteiger partial charge in [-0.2, -0.15) is 0 Å². The molecule has 4 amide bonds. The van der Waals surface area contributed by atoms with Gasteiger partial charge in [0.25, 0.3) is 0 Å². The Morgan fingerprint density at radius 3 is 1.92 bits per heavy atom. The molecule has 0 radical (unpaired) electrons. The Morgan fingerprint density at radius 2 is 1.38 bits per heavy atom. The Kier molecular flexibility index (Phi) is 22.6. The van der Waals surface area contributed by atoms with Crippen molar-refractivity contribution in [1.29, 1.82) is 0 Å². The molecule has 3 rings (SSSR count). The fraction of sp³-hybridized carbons (Fsp3) is 0.673. The third-order valence-electron chi connectivity index (χ3n) is 13.4. The van der Waals surface area contributed by atoms with Crippen molar-refractivity contribution < 1.29 is 38.2 Å². The number of hydrogen-bond donors (Lipinski definition) is 2. The molecule has 0 aliphatic carbocycles. The van der Waals surface area contributed by atoms with Crippen LogP contribution in [-0.4, -0.2) is 135 Å². The van der Waals surface area contributed by atoms with Crippen LogP contribution in [0.4, 0.5) is 0 Å². The van der Waals surface area contributed by atoms with Gasteiger partial charge in [-0.05, 0) is 73.1 Å². The van der Waals surface area contributed by atoms with Crippen LogP contribution in [0.15, 0.2) is 54.6 Å². The highest BCUT2D eigenvalue weighted by Gasteiger charge is 2.43. The average molecular weight is 906 g/mol. The molecule has 1 fully saturated rings. The molecule has 2 aromatic rings. The zero-order chi connectivity index (χ0) is 48.5. The van der Waals surface area contributed by atoms with Crippen molar-refractivity contribution in [1.82, 2.24) is 25.3 Å². The van der Waals surface area contributed by atoms with E-state index in [-0.39, 0.29) is 54.2 Å². The Bertz CT molecular complexity index is 1790. The van der Waals surface area contributed by atoms with Crippen LogP contribution < -0.4 is 10.6 Å². The number of nitrogens with zero attached hydrogens (tertiary/aromatic N) is 3. The lowest BCUT2D eigenvalue weighted by molar-refractivity contribution is -0.149. The van der Waals surface area contributed by atoms with Crippen LogP contribution in [0.1, 0.15) is 105 Å². The van der Waals surface area contributed by atoms with Gasteiger partial charge in [0, 0.05) is 40.8 Å². The second kappa shape index (κ2) is 26.7. The molecule has 9 atom stereocenters. The number of likely N-dealkylation sites (N-methyl/N-ethyl adjacent to an activating group) is 2. The molecule has 0 unspecified atom stereocenters. The molecule has 13 heteroatoms. The molecule has 1 aliphatic heterocycles. The van der Waals surface area contributed by atoms with Gasteiger partial charge in [-0.1, -0.05) is 123 Å². The summed E-state index contributed by atoms with van der Waals surface area (Å²) in [6.07, 6.45) is 2.85. The standard InChI is InChI=1S/C52H83N5O8/c1-15-36(8)47(56(11)51(61)45(34(4)5)54-50(60)46(35(6)7)55(10)29-27-38-23-25-40(26-24-38)30-33(2)3)43(63-12)32-44(58)57-28-19-22-42(57)48(64-13)37(9)49(59)53-41(52(62)65-14)31-39-20-17-16-18-21-39/h16-18,20-21,23-26,33-37,41-43,45-48H,15,19,22,27-32H2,1-14H3,(H,53,59)(H,54,60)/t36-,37+,41-,42-,43+,45-,46-,47-,48+/m0/s1. The summed E-state index contributed by atoms with van der Waals surface area (Å²) in [5.74, 6) is -1.92. The molecule has 2 N–H and O–H groups in total. The van der Waals surface area contributed by atoms with Crippen molar-refractivity contribution in [3.63, 3.8) is 0 Å². The van der Waals surface area contributed by atoms with E-state index in [9.17, 15) is 24.0 Å². The number of hydrogen-bond acceptors (Lipinski definition) is 9. The number of esters is 1. The number of carbonyl (C=O) groups is 5. The third-order valence-corrected chi connectivity index (χ3v) is 13.4. The Balaban J connectivity index is 1.76. The van der Waals surface area contributed by atoms with E-state index in [1.165, 1.54) is 25.3 Å². The van der Waals surface area contributed by atoms with Crippen molar-refractivity contribution >= 4 is 29.6 Å². The highest BCUT2D eigenvalue weighted by atomic mass is 16.5. The summed E-state index contributed by atoms with van der Waals surface area (Å²) in [7, 11) is 8.11. The third kappa shape index (κ3) is 15.6. The van der Waals surface area contributed by atoms with Crippen LogP contribution >= 0.6 is 0 Å². The molecule has 1 heterocycles. The normalized spacial score (nSPS) is 17.9. The van der Waals surface area contributed by atoms with Crippen LogP contribution in [0.3, 0.4) is 0 Å². The number of likely N-dealkylation sites (tertiary alicyclic amines) is 1. The lowest BCUT2D eigenvalue weighted by Gasteiger charge is -2.41. The molecule has 1 aliphatic rings. The lowest BCUT2D eigenvalue weighted by atomic mass is 9.89. The smallest absolute Gasteiger partial charge is 0.328 e. The molecular weight excluding hydrogens is 823 g/mol. The number of amides is 4. The van der Waals surface area contributed by atoms with E-state index in [1.807, 2.05) is 72.0 Å². The maximum absolute atomic E-state index is 14.6. The van der Waals surface area contributed by atoms with Crippen LogP contribution in [-0.2, 0) is 57.4 Å². The summed E-state index contributed by atoms with van der Waals surface area (Å²) in [5, 5.41) is 6.03. The van der Waals surface area contributed by atoms with Crippen LogP contribution in [0, 0.1) is 29.6 Å². The van der Waals surface area contributed by atoms with Crippen molar-refractivity contribution in [2.75, 3.05) is 48.5 Å². The topological polar surface area (TPSA) is 147 Å². The van der Waals surface area contributed by atoms with Crippen molar-refractivity contribution in [3.8, 4) is 0 Å². The minimum Gasteiger partial charge on any atom is -0.467 e. The molecule has 0 bridgehead atoms. The largest absolute Gasteiger partial charge is 0.467 e. The monoisotopic (exact) mass is 906 g/mol. The summed E-state index contributed by atoms with van der Waals surface area (Å²) >= 11 is 0. The molecule has 1 saturated heterocycles. The Hall–Kier alpha value is -4.33. The van der Waals surface area contributed by atoms with Gasteiger partial charge in [-0.15, -0.1) is 0 Å². The Morgan fingerprint density at radius 1 is 0.769 bits per heavy atom. The van der Waals surface area contributed by atoms with E-state index >= 15 is 0 Å². The summed E-state index contributed by atoms with van der Waals surface area (Å²) in [4.78, 5) is 75.3. The van der Waals surface area contributed by atoms with E-state index in [0.29, 0.717) is 25.4 Å². The molecule has 13 nitrogen and oxygen atoms in total.